The molecule has 0 aromatic heterocycles. The predicted molar refractivity (Wildman–Crippen MR) is 86.0 cm³/mol. The zero-order chi connectivity index (χ0) is 16.4. The molecule has 6 heteroatoms. The summed E-state index contributed by atoms with van der Waals surface area (Å²) in [6.45, 7) is 5.83. The third kappa shape index (κ3) is 5.42. The monoisotopic (exact) mass is 324 g/mol. The highest BCUT2D eigenvalue weighted by molar-refractivity contribution is 7.89. The van der Waals surface area contributed by atoms with E-state index in [0.717, 1.165) is 18.4 Å². The molecule has 0 unspecified atom stereocenters. The highest BCUT2D eigenvalue weighted by atomic mass is 32.2. The Morgan fingerprint density at radius 3 is 2.27 bits per heavy atom. The molecular formula is C16H24N2O3S. The molecule has 1 saturated carbocycles. The molecule has 0 heterocycles. The van der Waals surface area contributed by atoms with E-state index in [9.17, 15) is 13.2 Å². The van der Waals surface area contributed by atoms with Crippen LogP contribution in [-0.4, -0.2) is 25.9 Å². The maximum Gasteiger partial charge on any atom is 0.240 e. The molecule has 1 amide bonds. The molecule has 1 aliphatic rings. The van der Waals surface area contributed by atoms with E-state index in [2.05, 4.69) is 10.0 Å². The van der Waals surface area contributed by atoms with Gasteiger partial charge in [0.2, 0.25) is 15.9 Å². The first-order valence-corrected chi connectivity index (χ1v) is 9.06. The Hall–Kier alpha value is -1.40. The van der Waals surface area contributed by atoms with E-state index in [0.29, 0.717) is 12.8 Å². The fourth-order valence-corrected chi connectivity index (χ4v) is 3.37. The first kappa shape index (κ1) is 17.0. The van der Waals surface area contributed by atoms with Crippen LogP contribution in [0.3, 0.4) is 0 Å². The Morgan fingerprint density at radius 2 is 1.77 bits per heavy atom. The summed E-state index contributed by atoms with van der Waals surface area (Å²) in [6.07, 6.45) is 2.82. The molecule has 0 bridgehead atoms. The Labute approximate surface area is 132 Å². The second-order valence-corrected chi connectivity index (χ2v) is 8.55. The highest BCUT2D eigenvalue weighted by Gasteiger charge is 2.27. The van der Waals surface area contributed by atoms with Gasteiger partial charge in [0.1, 0.15) is 0 Å². The van der Waals surface area contributed by atoms with Crippen LogP contribution >= 0.6 is 0 Å². The number of benzene rings is 1. The van der Waals surface area contributed by atoms with E-state index in [4.69, 9.17) is 0 Å². The molecule has 122 valence electrons. The summed E-state index contributed by atoms with van der Waals surface area (Å²) in [5.41, 5.74) is 0.721. The lowest BCUT2D eigenvalue weighted by Crippen LogP contribution is -2.40. The number of amides is 1. The Balaban J connectivity index is 1.90. The summed E-state index contributed by atoms with van der Waals surface area (Å²) in [5, 5.41) is 2.91. The lowest BCUT2D eigenvalue weighted by Gasteiger charge is -2.20. The maximum absolute atomic E-state index is 12.0. The molecule has 0 aliphatic heterocycles. The largest absolute Gasteiger partial charge is 0.351 e. The Bertz CT molecular complexity index is 626. The zero-order valence-electron chi connectivity index (χ0n) is 13.3. The van der Waals surface area contributed by atoms with Gasteiger partial charge in [0, 0.05) is 18.0 Å². The SMILES string of the molecule is CC(C)(C)NC(=O)CCc1ccc(S(=O)(=O)NC2CC2)cc1. The number of nitrogens with one attached hydrogen (secondary N) is 2. The summed E-state index contributed by atoms with van der Waals surface area (Å²) < 4.78 is 26.7. The van der Waals surface area contributed by atoms with E-state index in [-0.39, 0.29) is 22.4 Å². The van der Waals surface area contributed by atoms with Crippen LogP contribution in [0, 0.1) is 0 Å². The molecule has 1 fully saturated rings. The fourth-order valence-electron chi connectivity index (χ4n) is 2.06. The molecule has 1 aromatic carbocycles. The number of hydrogen-bond donors (Lipinski definition) is 2. The van der Waals surface area contributed by atoms with Crippen LogP contribution in [0.25, 0.3) is 0 Å². The van der Waals surface area contributed by atoms with Gasteiger partial charge in [-0.2, -0.15) is 0 Å². The molecule has 0 atom stereocenters. The number of carbonyl (C=O) groups is 1. The second kappa shape index (κ2) is 6.38. The molecule has 0 saturated heterocycles. The van der Waals surface area contributed by atoms with Gasteiger partial charge in [-0.3, -0.25) is 4.79 Å². The summed E-state index contributed by atoms with van der Waals surface area (Å²) in [5.74, 6) is -0.000372. The van der Waals surface area contributed by atoms with Crippen LogP contribution in [0.15, 0.2) is 29.2 Å². The van der Waals surface area contributed by atoms with Crippen LogP contribution in [0.5, 0.6) is 0 Å². The zero-order valence-corrected chi connectivity index (χ0v) is 14.2. The highest BCUT2D eigenvalue weighted by Crippen LogP contribution is 2.22. The van der Waals surface area contributed by atoms with Gasteiger partial charge < -0.3 is 5.32 Å². The van der Waals surface area contributed by atoms with E-state index in [1.54, 1.807) is 24.3 Å². The lowest BCUT2D eigenvalue weighted by molar-refractivity contribution is -0.122. The molecule has 1 aliphatic carbocycles. The van der Waals surface area contributed by atoms with Gasteiger partial charge in [-0.25, -0.2) is 13.1 Å². The first-order chi connectivity index (χ1) is 10.2. The minimum Gasteiger partial charge on any atom is -0.351 e. The number of rotatable bonds is 6. The Morgan fingerprint density at radius 1 is 1.18 bits per heavy atom. The van der Waals surface area contributed by atoms with Crippen molar-refractivity contribution in [2.75, 3.05) is 0 Å². The Kier molecular flexibility index (Phi) is 4.92. The molecule has 5 nitrogen and oxygen atoms in total. The average Bonchev–Trinajstić information content (AvgIpc) is 3.18. The van der Waals surface area contributed by atoms with E-state index in [1.165, 1.54) is 0 Å². The summed E-state index contributed by atoms with van der Waals surface area (Å²) in [4.78, 5) is 12.0. The van der Waals surface area contributed by atoms with Crippen molar-refractivity contribution in [1.29, 1.82) is 0 Å². The van der Waals surface area contributed by atoms with Crippen molar-refractivity contribution in [2.24, 2.45) is 0 Å². The normalized spacial score (nSPS) is 15.6. The van der Waals surface area contributed by atoms with Crippen LogP contribution in [0.4, 0.5) is 0 Å². The number of hydrogen-bond acceptors (Lipinski definition) is 3. The smallest absolute Gasteiger partial charge is 0.240 e. The molecule has 1 aromatic rings. The van der Waals surface area contributed by atoms with Crippen LogP contribution in [0.1, 0.15) is 45.6 Å². The van der Waals surface area contributed by atoms with Crippen molar-refractivity contribution in [3.63, 3.8) is 0 Å². The van der Waals surface area contributed by atoms with Crippen molar-refractivity contribution in [3.05, 3.63) is 29.8 Å². The molecular weight excluding hydrogens is 300 g/mol. The quantitative estimate of drug-likeness (QED) is 0.840. The summed E-state index contributed by atoms with van der Waals surface area (Å²) in [6, 6.07) is 6.84. The first-order valence-electron chi connectivity index (χ1n) is 7.58. The maximum atomic E-state index is 12.0. The van der Waals surface area contributed by atoms with Crippen molar-refractivity contribution < 1.29 is 13.2 Å². The van der Waals surface area contributed by atoms with Gasteiger partial charge >= 0.3 is 0 Å². The molecule has 2 rings (SSSR count). The van der Waals surface area contributed by atoms with Crippen LogP contribution in [0.2, 0.25) is 0 Å². The number of aryl methyl sites for hydroxylation is 1. The molecule has 2 N–H and O–H groups in total. The molecule has 0 radical (unpaired) electrons. The van der Waals surface area contributed by atoms with Crippen molar-refractivity contribution in [1.82, 2.24) is 10.0 Å². The van der Waals surface area contributed by atoms with Crippen molar-refractivity contribution in [2.45, 2.75) is 62.9 Å². The van der Waals surface area contributed by atoms with Gasteiger partial charge in [-0.15, -0.1) is 0 Å². The van der Waals surface area contributed by atoms with Crippen molar-refractivity contribution in [3.8, 4) is 0 Å². The van der Waals surface area contributed by atoms with E-state index in [1.807, 2.05) is 20.8 Å². The van der Waals surface area contributed by atoms with Gasteiger partial charge in [-0.1, -0.05) is 12.1 Å². The van der Waals surface area contributed by atoms with Crippen LogP contribution in [-0.2, 0) is 21.2 Å². The summed E-state index contributed by atoms with van der Waals surface area (Å²) >= 11 is 0. The number of carbonyl (C=O) groups excluding carboxylic acids is 1. The third-order valence-corrected chi connectivity index (χ3v) is 4.82. The standard InChI is InChI=1S/C16H24N2O3S/c1-16(2,3)17-15(19)11-6-12-4-9-14(10-5-12)22(20,21)18-13-7-8-13/h4-5,9-10,13,18H,6-8,11H2,1-3H3,(H,17,19). The predicted octanol–water partition coefficient (Wildman–Crippen LogP) is 1.97. The topological polar surface area (TPSA) is 75.3 Å². The second-order valence-electron chi connectivity index (χ2n) is 6.84. The fraction of sp³-hybridized carbons (Fsp3) is 0.562. The summed E-state index contributed by atoms with van der Waals surface area (Å²) in [7, 11) is -3.40. The lowest BCUT2D eigenvalue weighted by atomic mass is 10.1. The van der Waals surface area contributed by atoms with Gasteiger partial charge in [-0.05, 0) is 57.7 Å². The van der Waals surface area contributed by atoms with Crippen molar-refractivity contribution >= 4 is 15.9 Å². The minimum absolute atomic E-state index is 0.000372. The van der Waals surface area contributed by atoms with Gasteiger partial charge in [0.15, 0.2) is 0 Å². The van der Waals surface area contributed by atoms with E-state index < -0.39 is 10.0 Å². The molecule has 0 spiro atoms. The van der Waals surface area contributed by atoms with Crippen LogP contribution < -0.4 is 10.0 Å². The number of sulfonamides is 1. The molecule has 22 heavy (non-hydrogen) atoms. The van der Waals surface area contributed by atoms with Gasteiger partial charge in [0.05, 0.1) is 4.90 Å². The van der Waals surface area contributed by atoms with E-state index >= 15 is 0 Å². The minimum atomic E-state index is -3.40. The van der Waals surface area contributed by atoms with Gasteiger partial charge in [0.25, 0.3) is 0 Å². The average molecular weight is 324 g/mol. The third-order valence-electron chi connectivity index (χ3n) is 3.29.